The van der Waals surface area contributed by atoms with Crippen molar-refractivity contribution in [3.63, 3.8) is 0 Å². The van der Waals surface area contributed by atoms with Gasteiger partial charge in [0, 0.05) is 18.4 Å². The molecule has 1 unspecified atom stereocenters. The van der Waals surface area contributed by atoms with Crippen molar-refractivity contribution in [3.05, 3.63) is 0 Å². The SMILES string of the molecule is COC(CCCl)C1(C)OCC(C)(C)CO1. The maximum Gasteiger partial charge on any atom is 0.191 e. The van der Waals surface area contributed by atoms with Crippen LogP contribution in [0.15, 0.2) is 0 Å². The summed E-state index contributed by atoms with van der Waals surface area (Å²) in [6.07, 6.45) is 0.626. The number of hydrogen-bond donors (Lipinski definition) is 0. The number of halogens is 1. The van der Waals surface area contributed by atoms with Gasteiger partial charge in [-0.05, 0) is 13.3 Å². The second kappa shape index (κ2) is 5.00. The Morgan fingerprint density at radius 2 is 1.80 bits per heavy atom. The molecule has 0 saturated carbocycles. The lowest BCUT2D eigenvalue weighted by molar-refractivity contribution is -0.327. The van der Waals surface area contributed by atoms with E-state index in [0.717, 1.165) is 6.42 Å². The van der Waals surface area contributed by atoms with Gasteiger partial charge in [0.15, 0.2) is 5.79 Å². The predicted molar refractivity (Wildman–Crippen MR) is 60.2 cm³/mol. The van der Waals surface area contributed by atoms with Gasteiger partial charge in [0.05, 0.1) is 13.2 Å². The largest absolute Gasteiger partial charge is 0.376 e. The zero-order chi connectivity index (χ0) is 11.5. The lowest BCUT2D eigenvalue weighted by Gasteiger charge is -2.44. The maximum absolute atomic E-state index is 5.78. The summed E-state index contributed by atoms with van der Waals surface area (Å²) in [6.45, 7) is 7.53. The Hall–Kier alpha value is 0.170. The molecule has 1 aliphatic heterocycles. The topological polar surface area (TPSA) is 27.7 Å². The Morgan fingerprint density at radius 1 is 1.27 bits per heavy atom. The maximum atomic E-state index is 5.78. The Kier molecular flexibility index (Phi) is 4.41. The molecular weight excluding hydrogens is 216 g/mol. The molecule has 15 heavy (non-hydrogen) atoms. The van der Waals surface area contributed by atoms with Crippen molar-refractivity contribution in [2.75, 3.05) is 26.2 Å². The van der Waals surface area contributed by atoms with Crippen LogP contribution in [0.5, 0.6) is 0 Å². The van der Waals surface area contributed by atoms with E-state index in [0.29, 0.717) is 19.1 Å². The van der Waals surface area contributed by atoms with Crippen LogP contribution in [0.1, 0.15) is 27.2 Å². The van der Waals surface area contributed by atoms with Crippen LogP contribution in [0.4, 0.5) is 0 Å². The second-order valence-electron chi connectivity index (χ2n) is 4.96. The molecule has 0 aromatic rings. The molecule has 1 atom stereocenters. The lowest BCUT2D eigenvalue weighted by Crippen LogP contribution is -2.53. The fourth-order valence-corrected chi connectivity index (χ4v) is 1.84. The number of ether oxygens (including phenoxy) is 3. The van der Waals surface area contributed by atoms with Gasteiger partial charge >= 0.3 is 0 Å². The van der Waals surface area contributed by atoms with Gasteiger partial charge in [0.25, 0.3) is 0 Å². The van der Waals surface area contributed by atoms with E-state index in [2.05, 4.69) is 13.8 Å². The number of hydrogen-bond acceptors (Lipinski definition) is 3. The molecule has 0 aromatic carbocycles. The van der Waals surface area contributed by atoms with Crippen LogP contribution < -0.4 is 0 Å². The Labute approximate surface area is 97.0 Å². The molecule has 0 spiro atoms. The van der Waals surface area contributed by atoms with Crippen LogP contribution in [-0.4, -0.2) is 38.1 Å². The van der Waals surface area contributed by atoms with Gasteiger partial charge in [0.1, 0.15) is 6.10 Å². The monoisotopic (exact) mass is 236 g/mol. The molecule has 1 rings (SSSR count). The van der Waals surface area contributed by atoms with Gasteiger partial charge in [-0.2, -0.15) is 0 Å². The standard InChI is InChI=1S/C11H21ClO3/c1-10(2)7-14-11(3,15-8-10)9(13-4)5-6-12/h9H,5-8H2,1-4H3. The van der Waals surface area contributed by atoms with Crippen LogP contribution in [0.25, 0.3) is 0 Å². The average molecular weight is 237 g/mol. The van der Waals surface area contributed by atoms with Gasteiger partial charge in [0.2, 0.25) is 0 Å². The molecular formula is C11H21ClO3. The second-order valence-corrected chi connectivity index (χ2v) is 5.34. The van der Waals surface area contributed by atoms with Crippen molar-refractivity contribution in [2.45, 2.75) is 39.1 Å². The summed E-state index contributed by atoms with van der Waals surface area (Å²) in [5.74, 6) is -0.108. The molecule has 90 valence electrons. The molecule has 0 aromatic heterocycles. The van der Waals surface area contributed by atoms with Crippen molar-refractivity contribution < 1.29 is 14.2 Å². The van der Waals surface area contributed by atoms with Crippen LogP contribution in [0.3, 0.4) is 0 Å². The summed E-state index contributed by atoms with van der Waals surface area (Å²) in [4.78, 5) is 0. The zero-order valence-electron chi connectivity index (χ0n) is 10.0. The van der Waals surface area contributed by atoms with Crippen molar-refractivity contribution in [1.29, 1.82) is 0 Å². The van der Waals surface area contributed by atoms with Gasteiger partial charge < -0.3 is 14.2 Å². The first-order chi connectivity index (χ1) is 6.93. The molecule has 0 radical (unpaired) electrons. The quantitative estimate of drug-likeness (QED) is 0.702. The van der Waals surface area contributed by atoms with E-state index < -0.39 is 5.79 Å². The highest BCUT2D eigenvalue weighted by molar-refractivity contribution is 6.17. The summed E-state index contributed by atoms with van der Waals surface area (Å²) in [5.41, 5.74) is 0.0821. The molecule has 0 aliphatic carbocycles. The fraction of sp³-hybridized carbons (Fsp3) is 1.00. The van der Waals surface area contributed by atoms with Gasteiger partial charge in [-0.25, -0.2) is 0 Å². The Bertz CT molecular complexity index is 196. The van der Waals surface area contributed by atoms with E-state index in [1.165, 1.54) is 0 Å². The van der Waals surface area contributed by atoms with E-state index in [4.69, 9.17) is 25.8 Å². The summed E-state index contributed by atoms with van der Waals surface area (Å²) >= 11 is 5.72. The van der Waals surface area contributed by atoms with E-state index >= 15 is 0 Å². The first-order valence-electron chi connectivity index (χ1n) is 5.30. The molecule has 0 bridgehead atoms. The predicted octanol–water partition coefficient (Wildman–Crippen LogP) is 2.42. The van der Waals surface area contributed by atoms with Crippen molar-refractivity contribution in [1.82, 2.24) is 0 Å². The Balaban J connectivity index is 2.59. The highest BCUT2D eigenvalue weighted by atomic mass is 35.5. The minimum atomic E-state index is -0.654. The lowest BCUT2D eigenvalue weighted by atomic mass is 9.94. The third-order valence-corrected chi connectivity index (χ3v) is 2.96. The first kappa shape index (κ1) is 13.2. The van der Waals surface area contributed by atoms with Gasteiger partial charge in [-0.15, -0.1) is 11.6 Å². The van der Waals surface area contributed by atoms with E-state index in [-0.39, 0.29) is 11.5 Å². The smallest absolute Gasteiger partial charge is 0.191 e. The number of rotatable bonds is 4. The van der Waals surface area contributed by atoms with E-state index in [1.54, 1.807) is 7.11 Å². The van der Waals surface area contributed by atoms with Gasteiger partial charge in [-0.1, -0.05) is 13.8 Å². The van der Waals surface area contributed by atoms with E-state index in [9.17, 15) is 0 Å². The molecule has 0 N–H and O–H groups in total. The third-order valence-electron chi connectivity index (χ3n) is 2.74. The molecule has 1 saturated heterocycles. The van der Waals surface area contributed by atoms with Crippen LogP contribution in [0.2, 0.25) is 0 Å². The number of methoxy groups -OCH3 is 1. The Morgan fingerprint density at radius 3 is 2.20 bits per heavy atom. The number of alkyl halides is 1. The molecule has 1 aliphatic rings. The van der Waals surface area contributed by atoms with Crippen molar-refractivity contribution in [3.8, 4) is 0 Å². The summed E-state index contributed by atoms with van der Waals surface area (Å²) in [5, 5.41) is 0. The highest BCUT2D eigenvalue weighted by Gasteiger charge is 2.42. The van der Waals surface area contributed by atoms with Gasteiger partial charge in [-0.3, -0.25) is 0 Å². The van der Waals surface area contributed by atoms with Crippen molar-refractivity contribution >= 4 is 11.6 Å². The van der Waals surface area contributed by atoms with Crippen LogP contribution in [0, 0.1) is 5.41 Å². The highest BCUT2D eigenvalue weighted by Crippen LogP contribution is 2.33. The molecule has 0 amide bonds. The molecule has 1 heterocycles. The van der Waals surface area contributed by atoms with Crippen LogP contribution in [-0.2, 0) is 14.2 Å². The summed E-state index contributed by atoms with van der Waals surface area (Å²) in [7, 11) is 1.66. The molecule has 4 heteroatoms. The summed E-state index contributed by atoms with van der Waals surface area (Å²) < 4.78 is 16.9. The average Bonchev–Trinajstić information content (AvgIpc) is 2.19. The molecule has 1 fully saturated rings. The first-order valence-corrected chi connectivity index (χ1v) is 5.84. The fourth-order valence-electron chi connectivity index (χ4n) is 1.64. The minimum absolute atomic E-state index is 0.0821. The third kappa shape index (κ3) is 3.31. The zero-order valence-corrected chi connectivity index (χ0v) is 10.8. The normalized spacial score (nSPS) is 26.2. The van der Waals surface area contributed by atoms with Crippen molar-refractivity contribution in [2.24, 2.45) is 5.41 Å². The summed E-state index contributed by atoms with van der Waals surface area (Å²) in [6, 6.07) is 0. The van der Waals surface area contributed by atoms with Crippen LogP contribution >= 0.6 is 11.6 Å². The minimum Gasteiger partial charge on any atom is -0.376 e. The molecule has 3 nitrogen and oxygen atoms in total. The van der Waals surface area contributed by atoms with E-state index in [1.807, 2.05) is 6.92 Å².